The molecule has 4 aromatic rings. The number of hydrogen-bond donors (Lipinski definition) is 4. The van der Waals surface area contributed by atoms with Crippen LogP contribution in [-0.4, -0.2) is 218 Å². The van der Waals surface area contributed by atoms with Gasteiger partial charge in [-0.25, -0.2) is 0 Å². The Morgan fingerprint density at radius 1 is 0.463 bits per heavy atom. The van der Waals surface area contributed by atoms with Crippen LogP contribution in [0.25, 0.3) is 0 Å². The molecule has 4 aromatic heterocycles. The number of piperidine rings is 4. The number of methoxy groups -OCH3 is 6. The predicted molar refractivity (Wildman–Crippen MR) is 283 cm³/mol. The average Bonchev–Trinajstić information content (AvgIpc) is 0.792. The molecule has 8 heterocycles. The summed E-state index contributed by atoms with van der Waals surface area (Å²) < 4.78 is 32.3. The second-order valence-electron chi connectivity index (χ2n) is 20.9. The Morgan fingerprint density at radius 3 is 0.927 bits per heavy atom. The first-order chi connectivity index (χ1) is 39.3. The number of nitrogens with zero attached hydrogens (tertiary/aromatic N) is 8. The summed E-state index contributed by atoms with van der Waals surface area (Å²) in [6.07, 6.45) is 1.09. The van der Waals surface area contributed by atoms with Gasteiger partial charge in [0.15, 0.2) is 0 Å². The molecule has 26 nitrogen and oxygen atoms in total. The van der Waals surface area contributed by atoms with Gasteiger partial charge in [0.1, 0.15) is 33.7 Å². The molecule has 0 aliphatic carbocycles. The smallest absolute Gasteiger partial charge is 0.323 e. The zero-order valence-corrected chi connectivity index (χ0v) is 46.7. The summed E-state index contributed by atoms with van der Waals surface area (Å²) in [6.45, 7) is -2.27. The number of aliphatic hydroxyl groups excluding tert-OH is 2. The highest BCUT2D eigenvalue weighted by molar-refractivity contribution is 5.90. The molecule has 6 unspecified atom stereocenters. The number of esters is 6. The van der Waals surface area contributed by atoms with Crippen molar-refractivity contribution in [2.75, 3.05) is 96.0 Å². The molecule has 4 saturated heterocycles. The van der Waals surface area contributed by atoms with Gasteiger partial charge in [0, 0.05) is 64.1 Å². The van der Waals surface area contributed by atoms with Crippen LogP contribution in [0, 0.1) is 21.7 Å². The number of fused-ring (bicyclic) bond motifs is 4. The van der Waals surface area contributed by atoms with E-state index in [4.69, 9.17) is 28.4 Å². The molecular weight excluding hydrogens is 1070 g/mol. The van der Waals surface area contributed by atoms with E-state index in [-0.39, 0.29) is 13.1 Å². The maximum atomic E-state index is 14.6. The number of rotatable bonds is 19. The summed E-state index contributed by atoms with van der Waals surface area (Å²) in [5, 5.41) is 31.1. The Morgan fingerprint density at radius 2 is 0.720 bits per heavy atom. The van der Waals surface area contributed by atoms with Crippen LogP contribution < -0.4 is 10.6 Å². The van der Waals surface area contributed by atoms with Crippen molar-refractivity contribution < 1.29 is 77.0 Å². The fraction of sp³-hybridized carbons (Fsp3) is 0.500. The lowest BCUT2D eigenvalue weighted by atomic mass is 9.53. The first-order valence-corrected chi connectivity index (χ1v) is 26.3. The van der Waals surface area contributed by atoms with E-state index in [0.29, 0.717) is 22.8 Å². The van der Waals surface area contributed by atoms with Crippen LogP contribution in [0.15, 0.2) is 97.6 Å². The van der Waals surface area contributed by atoms with Crippen LogP contribution in [0.5, 0.6) is 0 Å². The third-order valence-electron chi connectivity index (χ3n) is 16.9. The Balaban J connectivity index is 1.05. The number of nitrogens with one attached hydrogen (secondary N) is 2. The highest BCUT2D eigenvalue weighted by Crippen LogP contribution is 2.64. The van der Waals surface area contributed by atoms with Gasteiger partial charge in [-0.2, -0.15) is 0 Å². The summed E-state index contributed by atoms with van der Waals surface area (Å²) in [5.41, 5.74) is -7.05. The first kappa shape index (κ1) is 60.2. The predicted octanol–water partition coefficient (Wildman–Crippen LogP) is -0.491. The molecule has 26 heteroatoms. The molecule has 0 aromatic carbocycles. The zero-order valence-electron chi connectivity index (χ0n) is 46.7. The fourth-order valence-corrected chi connectivity index (χ4v) is 13.7. The topological polar surface area (TPSA) is 321 Å². The third kappa shape index (κ3) is 9.99. The van der Waals surface area contributed by atoms with Gasteiger partial charge in [0.25, 0.3) is 0 Å². The molecule has 4 fully saturated rings. The highest BCUT2D eigenvalue weighted by Gasteiger charge is 2.77. The number of aromatic nitrogens is 4. The van der Waals surface area contributed by atoms with Gasteiger partial charge in [-0.15, -0.1) is 0 Å². The van der Waals surface area contributed by atoms with E-state index in [1.807, 2.05) is 0 Å². The first-order valence-electron chi connectivity index (χ1n) is 26.3. The van der Waals surface area contributed by atoms with E-state index >= 15 is 0 Å². The van der Waals surface area contributed by atoms with E-state index < -0.39 is 157 Å². The van der Waals surface area contributed by atoms with Crippen molar-refractivity contribution in [1.29, 1.82) is 0 Å². The number of ether oxygens (including phenoxy) is 6. The van der Waals surface area contributed by atoms with Crippen molar-refractivity contribution >= 4 is 47.6 Å². The lowest BCUT2D eigenvalue weighted by Gasteiger charge is -2.64. The Labute approximate surface area is 472 Å². The molecule has 8 rings (SSSR count). The van der Waals surface area contributed by atoms with Crippen molar-refractivity contribution in [2.24, 2.45) is 21.7 Å². The largest absolute Gasteiger partial charge is 0.468 e. The standard InChI is InChI=1S/C56H68N10O16/c1-63-41(33-17-9-13-21-57-33)53(49(73)79-5)29-65(30-54(47(53)71,50(74)80-6)42(63)34-18-10-14-22-58-34)37(45(69)77-3)27-39(67)61-25-26-62-40(68)28-38(46(70)78-4)66-31-55(51(75)81-7)43(35-19-11-15-23-59-35)64(2)44(36-20-12-16-24-60-36)56(32-66,48(55)72)52(76)82-8/h9-24,37-38,41-44,47-48,71-72H,25-32H2,1-8H3,(H,61,67)(H,62,68)/t37-,38-,41-,42+,43-,44+,47?,48?,53?,54?,55?,56?/m0/s1. The second-order valence-corrected chi connectivity index (χ2v) is 20.9. The number of carbonyl (C=O) groups is 8. The van der Waals surface area contributed by atoms with E-state index in [9.17, 15) is 48.6 Å². The van der Waals surface area contributed by atoms with Crippen LogP contribution in [-0.2, 0) is 66.8 Å². The summed E-state index contributed by atoms with van der Waals surface area (Å²) in [5.74, 6) is -7.10. The number of amides is 2. The second kappa shape index (κ2) is 24.7. The van der Waals surface area contributed by atoms with Gasteiger partial charge < -0.3 is 49.3 Å². The third-order valence-corrected chi connectivity index (χ3v) is 16.9. The molecule has 0 spiro atoms. The summed E-state index contributed by atoms with van der Waals surface area (Å²) >= 11 is 0. The maximum absolute atomic E-state index is 14.6. The Kier molecular flexibility index (Phi) is 18.1. The van der Waals surface area contributed by atoms with Crippen molar-refractivity contribution in [2.45, 2.75) is 61.3 Å². The number of pyridine rings is 4. The summed E-state index contributed by atoms with van der Waals surface area (Å²) in [6, 6.07) is 12.5. The number of carbonyl (C=O) groups excluding carboxylic acids is 8. The SMILES string of the molecule is COC(=O)[C@H](CC(=O)NCCNC(=O)C[C@@H](C(=O)OC)N1CC2(C(=O)OC)C(O)C(C(=O)OC)(C1)[C@@H](c1ccccn1)N(C)[C@H]2c1ccccn1)N1CC2(C(=O)OC)C(O)C(C(=O)OC)(C1)[C@@H](c1ccccn1)N(C)[C@H]2c1ccccn1. The van der Waals surface area contributed by atoms with Gasteiger partial charge in [-0.1, -0.05) is 24.3 Å². The lowest BCUT2D eigenvalue weighted by Crippen LogP contribution is -2.78. The molecule has 4 N–H and O–H groups in total. The van der Waals surface area contributed by atoms with Crippen LogP contribution in [0.3, 0.4) is 0 Å². The monoisotopic (exact) mass is 1140 g/mol. The van der Waals surface area contributed by atoms with Crippen LogP contribution >= 0.6 is 0 Å². The normalized spacial score (nSPS) is 28.9. The van der Waals surface area contributed by atoms with Gasteiger partial charge in [0.05, 0.1) is 115 Å². The van der Waals surface area contributed by atoms with E-state index in [1.165, 1.54) is 34.6 Å². The molecule has 12 atom stereocenters. The van der Waals surface area contributed by atoms with Crippen molar-refractivity contribution in [3.63, 3.8) is 0 Å². The van der Waals surface area contributed by atoms with Gasteiger partial charge >= 0.3 is 35.8 Å². The molecule has 0 radical (unpaired) electrons. The number of hydrogen-bond acceptors (Lipinski definition) is 24. The Bertz CT molecular complexity index is 2640. The highest BCUT2D eigenvalue weighted by atomic mass is 16.5. The minimum Gasteiger partial charge on any atom is -0.468 e. The molecule has 2 amide bonds. The van der Waals surface area contributed by atoms with Crippen molar-refractivity contribution in [3.8, 4) is 0 Å². The number of likely N-dealkylation sites (tertiary alicyclic amines) is 4. The Hall–Kier alpha value is -7.88. The van der Waals surface area contributed by atoms with Gasteiger partial charge in [0.2, 0.25) is 11.8 Å². The van der Waals surface area contributed by atoms with Crippen LogP contribution in [0.2, 0.25) is 0 Å². The molecule has 82 heavy (non-hydrogen) atoms. The quantitative estimate of drug-likeness (QED) is 0.0523. The van der Waals surface area contributed by atoms with Gasteiger partial charge in [-0.3, -0.25) is 77.9 Å². The maximum Gasteiger partial charge on any atom is 0.323 e. The fourth-order valence-electron chi connectivity index (χ4n) is 13.7. The molecular formula is C56H68N10O16. The van der Waals surface area contributed by atoms with E-state index in [0.717, 1.165) is 42.7 Å². The van der Waals surface area contributed by atoms with Crippen LogP contribution in [0.4, 0.5) is 0 Å². The minimum absolute atomic E-state index is 0.233. The van der Waals surface area contributed by atoms with Gasteiger partial charge in [-0.05, 0) is 62.6 Å². The van der Waals surface area contributed by atoms with E-state index in [1.54, 1.807) is 96.7 Å². The summed E-state index contributed by atoms with van der Waals surface area (Å²) in [4.78, 5) is 139. The zero-order chi connectivity index (χ0) is 59.3. The van der Waals surface area contributed by atoms with Crippen LogP contribution in [0.1, 0.15) is 59.8 Å². The van der Waals surface area contributed by atoms with E-state index in [2.05, 4.69) is 30.6 Å². The molecule has 4 aliphatic heterocycles. The number of aliphatic hydroxyl groups is 2. The molecule has 438 valence electrons. The minimum atomic E-state index is -2.07. The molecule has 0 saturated carbocycles. The summed E-state index contributed by atoms with van der Waals surface area (Å²) in [7, 11) is 10.1. The lowest BCUT2D eigenvalue weighted by molar-refractivity contribution is -0.253. The molecule has 4 aliphatic rings. The van der Waals surface area contributed by atoms with Crippen molar-refractivity contribution in [1.82, 2.24) is 50.2 Å². The molecule has 4 bridgehead atoms. The average molecular weight is 1140 g/mol. The van der Waals surface area contributed by atoms with Crippen molar-refractivity contribution in [3.05, 3.63) is 120 Å².